The molecule has 0 aromatic heterocycles. The van der Waals surface area contributed by atoms with Crippen molar-refractivity contribution in [3.63, 3.8) is 0 Å². The quantitative estimate of drug-likeness (QED) is 0.630. The summed E-state index contributed by atoms with van der Waals surface area (Å²) in [4.78, 5) is 39.4. The third-order valence-corrected chi connectivity index (χ3v) is 5.29. The van der Waals surface area contributed by atoms with Gasteiger partial charge in [-0.2, -0.15) is 0 Å². The van der Waals surface area contributed by atoms with Crippen molar-refractivity contribution in [2.75, 3.05) is 13.2 Å². The predicted octanol–water partition coefficient (Wildman–Crippen LogP) is 0.387. The van der Waals surface area contributed by atoms with Gasteiger partial charge in [-0.1, -0.05) is 12.1 Å². The topological polar surface area (TPSA) is 80.3 Å². The van der Waals surface area contributed by atoms with Gasteiger partial charge in [-0.15, -0.1) is 0 Å². The molecule has 0 spiro atoms. The number of amides is 2. The van der Waals surface area contributed by atoms with E-state index in [1.807, 2.05) is 0 Å². The Morgan fingerprint density at radius 3 is 2.44 bits per heavy atom. The van der Waals surface area contributed by atoms with Crippen LogP contribution in [-0.4, -0.2) is 41.4 Å². The molecular formula is C18H22FN2O4+. The fourth-order valence-corrected chi connectivity index (χ4v) is 4.11. The van der Waals surface area contributed by atoms with Crippen LogP contribution in [0.2, 0.25) is 0 Å². The van der Waals surface area contributed by atoms with Crippen molar-refractivity contribution in [3.05, 3.63) is 35.6 Å². The number of carbonyl (C=O) groups excluding carboxylic acids is 3. The lowest BCUT2D eigenvalue weighted by Gasteiger charge is -2.25. The number of carbonyl (C=O) groups is 3. The number of hydrogen-bond acceptors (Lipinski definition) is 4. The first kappa shape index (κ1) is 17.5. The summed E-state index contributed by atoms with van der Waals surface area (Å²) >= 11 is 0. The van der Waals surface area contributed by atoms with Crippen molar-refractivity contribution in [2.24, 2.45) is 11.8 Å². The Balaban J connectivity index is 2.07. The van der Waals surface area contributed by atoms with Crippen molar-refractivity contribution in [1.82, 2.24) is 4.90 Å². The van der Waals surface area contributed by atoms with E-state index < -0.39 is 29.4 Å². The second-order valence-electron chi connectivity index (χ2n) is 6.67. The molecule has 2 aliphatic heterocycles. The van der Waals surface area contributed by atoms with Crippen molar-refractivity contribution in [2.45, 2.75) is 32.4 Å². The summed E-state index contributed by atoms with van der Waals surface area (Å²) in [5, 5.41) is 1.73. The fourth-order valence-electron chi connectivity index (χ4n) is 4.11. The second kappa shape index (κ2) is 6.22. The smallest absolute Gasteiger partial charge is 0.368 e. The van der Waals surface area contributed by atoms with Crippen LogP contribution in [0.5, 0.6) is 0 Å². The number of nitrogens with zero attached hydrogens (tertiary/aromatic N) is 1. The van der Waals surface area contributed by atoms with Crippen LogP contribution in [0.3, 0.4) is 0 Å². The van der Waals surface area contributed by atoms with Crippen molar-refractivity contribution >= 4 is 17.8 Å². The van der Waals surface area contributed by atoms with Gasteiger partial charge in [-0.05, 0) is 26.0 Å². The minimum absolute atomic E-state index is 0.195. The molecule has 1 aromatic rings. The molecule has 0 saturated carbocycles. The Kier molecular flexibility index (Phi) is 4.36. The van der Waals surface area contributed by atoms with Crippen LogP contribution in [0.15, 0.2) is 24.3 Å². The zero-order valence-corrected chi connectivity index (χ0v) is 14.5. The van der Waals surface area contributed by atoms with E-state index in [-0.39, 0.29) is 30.8 Å². The van der Waals surface area contributed by atoms with Crippen LogP contribution in [0.25, 0.3) is 0 Å². The predicted molar refractivity (Wildman–Crippen MR) is 85.5 cm³/mol. The lowest BCUT2D eigenvalue weighted by molar-refractivity contribution is -0.731. The number of quaternary nitrogens is 1. The average molecular weight is 349 g/mol. The molecule has 2 amide bonds. The third kappa shape index (κ3) is 2.54. The minimum atomic E-state index is -1.18. The van der Waals surface area contributed by atoms with Gasteiger partial charge in [-0.3, -0.25) is 14.5 Å². The third-order valence-electron chi connectivity index (χ3n) is 5.29. The minimum Gasteiger partial charge on any atom is -0.461 e. The van der Waals surface area contributed by atoms with E-state index in [4.69, 9.17) is 4.74 Å². The molecular weight excluding hydrogens is 327 g/mol. The molecule has 0 radical (unpaired) electrons. The molecule has 0 aliphatic carbocycles. The molecule has 4 atom stereocenters. The molecule has 25 heavy (non-hydrogen) atoms. The number of ether oxygens (including phenoxy) is 1. The highest BCUT2D eigenvalue weighted by Crippen LogP contribution is 2.44. The molecule has 7 heteroatoms. The molecule has 2 N–H and O–H groups in total. The van der Waals surface area contributed by atoms with E-state index in [2.05, 4.69) is 0 Å². The number of halogens is 1. The van der Waals surface area contributed by atoms with Gasteiger partial charge in [0.1, 0.15) is 23.7 Å². The van der Waals surface area contributed by atoms with Gasteiger partial charge in [0.25, 0.3) is 0 Å². The summed E-state index contributed by atoms with van der Waals surface area (Å²) in [6.45, 7) is 5.54. The van der Waals surface area contributed by atoms with Crippen molar-refractivity contribution in [1.29, 1.82) is 0 Å². The van der Waals surface area contributed by atoms with Gasteiger partial charge in [0.15, 0.2) is 0 Å². The molecule has 6 nitrogen and oxygen atoms in total. The van der Waals surface area contributed by atoms with Gasteiger partial charge in [-0.25, -0.2) is 9.18 Å². The number of fused-ring (bicyclic) bond motifs is 1. The normalized spacial score (nSPS) is 31.4. The summed E-state index contributed by atoms with van der Waals surface area (Å²) in [7, 11) is 0. The highest BCUT2D eigenvalue weighted by molar-refractivity contribution is 6.08. The Hall–Kier alpha value is -2.28. The SMILES string of the molecule is CCOC(=O)[C@]1(C)[NH2+][C@H](c2ccc(F)cc2)[C@@H]2C(=O)N(CC)C(=O)[C@H]21. The van der Waals surface area contributed by atoms with E-state index in [0.29, 0.717) is 5.56 Å². The van der Waals surface area contributed by atoms with Gasteiger partial charge in [0.2, 0.25) is 17.4 Å². The highest BCUT2D eigenvalue weighted by Gasteiger charge is 2.70. The molecule has 0 unspecified atom stereocenters. The largest absolute Gasteiger partial charge is 0.461 e. The molecule has 2 heterocycles. The summed E-state index contributed by atoms with van der Waals surface area (Å²) in [5.74, 6) is -2.95. The molecule has 134 valence electrons. The maximum absolute atomic E-state index is 13.3. The first-order valence-corrected chi connectivity index (χ1v) is 8.49. The Morgan fingerprint density at radius 1 is 1.24 bits per heavy atom. The average Bonchev–Trinajstić information content (AvgIpc) is 3.03. The van der Waals surface area contributed by atoms with Gasteiger partial charge < -0.3 is 10.1 Å². The number of benzene rings is 1. The highest BCUT2D eigenvalue weighted by atomic mass is 19.1. The van der Waals surface area contributed by atoms with Crippen LogP contribution < -0.4 is 5.32 Å². The van der Waals surface area contributed by atoms with Gasteiger partial charge >= 0.3 is 5.97 Å². The second-order valence-corrected chi connectivity index (χ2v) is 6.67. The first-order chi connectivity index (χ1) is 11.8. The van der Waals surface area contributed by atoms with E-state index in [0.717, 1.165) is 0 Å². The van der Waals surface area contributed by atoms with E-state index in [1.54, 1.807) is 38.2 Å². The monoisotopic (exact) mass is 349 g/mol. The number of imide groups is 1. The molecule has 0 bridgehead atoms. The lowest BCUT2D eigenvalue weighted by atomic mass is 9.80. The van der Waals surface area contributed by atoms with Gasteiger partial charge in [0, 0.05) is 19.0 Å². The Bertz CT molecular complexity index is 720. The Labute approximate surface area is 145 Å². The zero-order valence-electron chi connectivity index (χ0n) is 14.5. The molecule has 3 rings (SSSR count). The van der Waals surface area contributed by atoms with Crippen molar-refractivity contribution < 1.29 is 28.8 Å². The molecule has 1 aromatic carbocycles. The number of esters is 1. The zero-order chi connectivity index (χ0) is 18.4. The van der Waals surface area contributed by atoms with Crippen LogP contribution in [-0.2, 0) is 19.1 Å². The van der Waals surface area contributed by atoms with Crippen LogP contribution in [0.4, 0.5) is 4.39 Å². The van der Waals surface area contributed by atoms with E-state index in [9.17, 15) is 18.8 Å². The van der Waals surface area contributed by atoms with E-state index in [1.165, 1.54) is 17.0 Å². The first-order valence-electron chi connectivity index (χ1n) is 8.49. The molecule has 2 saturated heterocycles. The van der Waals surface area contributed by atoms with Crippen LogP contribution in [0.1, 0.15) is 32.4 Å². The fraction of sp³-hybridized carbons (Fsp3) is 0.500. The standard InChI is InChI=1S/C18H21FN2O4/c1-4-21-15(22)12-13(16(21)23)18(3,17(24)25-5-2)20-14(12)10-6-8-11(19)9-7-10/h6-9,12-14,20H,4-5H2,1-3H3/p+1/t12-,13+,14-,18-/m1/s1. The number of hydrogen-bond donors (Lipinski definition) is 1. The lowest BCUT2D eigenvalue weighted by Crippen LogP contribution is -2.97. The van der Waals surface area contributed by atoms with Crippen LogP contribution >= 0.6 is 0 Å². The molecule has 2 aliphatic rings. The maximum Gasteiger partial charge on any atom is 0.368 e. The summed E-state index contributed by atoms with van der Waals surface area (Å²) in [6, 6.07) is 5.38. The van der Waals surface area contributed by atoms with Gasteiger partial charge in [0.05, 0.1) is 6.61 Å². The summed E-state index contributed by atoms with van der Waals surface area (Å²) in [5.41, 5.74) is -0.473. The maximum atomic E-state index is 13.3. The summed E-state index contributed by atoms with van der Waals surface area (Å²) < 4.78 is 18.4. The van der Waals surface area contributed by atoms with E-state index >= 15 is 0 Å². The Morgan fingerprint density at radius 2 is 1.88 bits per heavy atom. The van der Waals surface area contributed by atoms with Crippen molar-refractivity contribution in [3.8, 4) is 0 Å². The number of likely N-dealkylation sites (tertiary alicyclic amines) is 1. The summed E-state index contributed by atoms with van der Waals surface area (Å²) in [6.07, 6.45) is 0. The number of nitrogens with two attached hydrogens (primary N) is 1. The van der Waals surface area contributed by atoms with Crippen LogP contribution in [0, 0.1) is 17.7 Å². The number of rotatable bonds is 4. The molecule has 2 fully saturated rings.